The predicted molar refractivity (Wildman–Crippen MR) is 86.5 cm³/mol. The number of thiophene rings is 1. The van der Waals surface area contributed by atoms with Crippen LogP contribution in [0.4, 0.5) is 17.3 Å². The highest BCUT2D eigenvalue weighted by Gasteiger charge is 2.12. The Labute approximate surface area is 123 Å². The molecule has 2 aromatic rings. The Hall–Kier alpha value is -1.82. The normalized spacial score (nSPS) is 10.5. The first-order valence-corrected chi connectivity index (χ1v) is 7.75. The highest BCUT2D eigenvalue weighted by atomic mass is 32.1. The van der Waals surface area contributed by atoms with E-state index in [-0.39, 0.29) is 0 Å². The molecule has 20 heavy (non-hydrogen) atoms. The van der Waals surface area contributed by atoms with Crippen LogP contribution in [0.2, 0.25) is 0 Å². The maximum absolute atomic E-state index is 6.17. The van der Waals surface area contributed by atoms with Gasteiger partial charge in [0.25, 0.3) is 0 Å². The van der Waals surface area contributed by atoms with Crippen molar-refractivity contribution in [1.82, 2.24) is 9.97 Å². The topological polar surface area (TPSA) is 67.1 Å². The zero-order chi connectivity index (χ0) is 14.4. The maximum atomic E-state index is 6.17. The Morgan fingerprint density at radius 3 is 2.75 bits per heavy atom. The summed E-state index contributed by atoms with van der Waals surface area (Å²) in [5, 5.41) is 5.39. The van der Waals surface area contributed by atoms with Crippen LogP contribution in [-0.2, 0) is 6.42 Å². The highest BCUT2D eigenvalue weighted by Crippen LogP contribution is 2.25. The Kier molecular flexibility index (Phi) is 5.17. The average Bonchev–Trinajstić information content (AvgIpc) is 2.97. The lowest BCUT2D eigenvalue weighted by Crippen LogP contribution is -2.25. The number of rotatable bonds is 7. The van der Waals surface area contributed by atoms with Crippen molar-refractivity contribution in [1.29, 1.82) is 0 Å². The van der Waals surface area contributed by atoms with E-state index >= 15 is 0 Å². The molecule has 5 nitrogen and oxygen atoms in total. The summed E-state index contributed by atoms with van der Waals surface area (Å²) in [6.45, 7) is 6.77. The lowest BCUT2D eigenvalue weighted by atomic mass is 10.3. The second-order valence-corrected chi connectivity index (χ2v) is 5.42. The Bertz CT molecular complexity index is 522. The van der Waals surface area contributed by atoms with Crippen molar-refractivity contribution in [3.05, 3.63) is 28.7 Å². The van der Waals surface area contributed by atoms with Gasteiger partial charge in [-0.1, -0.05) is 6.07 Å². The van der Waals surface area contributed by atoms with E-state index in [2.05, 4.69) is 51.5 Å². The van der Waals surface area contributed by atoms with Crippen molar-refractivity contribution >= 4 is 28.7 Å². The Balaban J connectivity index is 2.02. The third-order valence-electron chi connectivity index (χ3n) is 3.17. The molecule has 0 saturated carbocycles. The molecule has 0 radical (unpaired) electrons. The monoisotopic (exact) mass is 291 g/mol. The van der Waals surface area contributed by atoms with Crippen LogP contribution in [0.3, 0.4) is 0 Å². The van der Waals surface area contributed by atoms with Crippen molar-refractivity contribution in [3.63, 3.8) is 0 Å². The van der Waals surface area contributed by atoms with Gasteiger partial charge in [0.05, 0.1) is 0 Å². The molecule has 0 amide bonds. The molecule has 0 aliphatic rings. The summed E-state index contributed by atoms with van der Waals surface area (Å²) >= 11 is 1.77. The molecule has 0 unspecified atom stereocenters. The van der Waals surface area contributed by atoms with Gasteiger partial charge in [-0.15, -0.1) is 11.3 Å². The second-order valence-electron chi connectivity index (χ2n) is 4.39. The minimum absolute atomic E-state index is 0.627. The predicted octanol–water partition coefficient (Wildman–Crippen LogP) is 2.62. The van der Waals surface area contributed by atoms with Crippen LogP contribution in [0.5, 0.6) is 0 Å². The van der Waals surface area contributed by atoms with Gasteiger partial charge in [0.1, 0.15) is 12.0 Å². The molecular formula is C14H21N5S. The highest BCUT2D eigenvalue weighted by molar-refractivity contribution is 7.09. The summed E-state index contributed by atoms with van der Waals surface area (Å²) in [7, 11) is 0. The molecule has 2 rings (SSSR count). The van der Waals surface area contributed by atoms with Gasteiger partial charge in [0.2, 0.25) is 0 Å². The van der Waals surface area contributed by atoms with Gasteiger partial charge in [-0.2, -0.15) is 0 Å². The largest absolute Gasteiger partial charge is 0.393 e. The van der Waals surface area contributed by atoms with Crippen LogP contribution in [-0.4, -0.2) is 29.6 Å². The van der Waals surface area contributed by atoms with Crippen LogP contribution in [0.25, 0.3) is 0 Å². The quantitative estimate of drug-likeness (QED) is 0.821. The standard InChI is InChI=1S/C14H21N5S/c1-3-19(4-2)14-12(15)13(17-10-18-14)16-8-7-11-6-5-9-20-11/h5-6,9-10H,3-4,7-8,15H2,1-2H3,(H,16,17,18). The van der Waals surface area contributed by atoms with E-state index in [1.807, 2.05) is 0 Å². The summed E-state index contributed by atoms with van der Waals surface area (Å²) in [6.07, 6.45) is 2.54. The Morgan fingerprint density at radius 1 is 1.30 bits per heavy atom. The summed E-state index contributed by atoms with van der Waals surface area (Å²) in [4.78, 5) is 12.0. The fourth-order valence-corrected chi connectivity index (χ4v) is 2.77. The molecule has 2 heterocycles. The van der Waals surface area contributed by atoms with E-state index in [1.165, 1.54) is 4.88 Å². The number of nitrogens with two attached hydrogens (primary N) is 1. The molecule has 2 aromatic heterocycles. The molecule has 6 heteroatoms. The first-order valence-electron chi connectivity index (χ1n) is 6.87. The molecule has 108 valence electrons. The van der Waals surface area contributed by atoms with E-state index < -0.39 is 0 Å². The minimum Gasteiger partial charge on any atom is -0.393 e. The molecule has 0 aromatic carbocycles. The average molecular weight is 291 g/mol. The van der Waals surface area contributed by atoms with E-state index in [4.69, 9.17) is 5.73 Å². The van der Waals surface area contributed by atoms with Crippen molar-refractivity contribution in [2.45, 2.75) is 20.3 Å². The van der Waals surface area contributed by atoms with Crippen molar-refractivity contribution < 1.29 is 0 Å². The van der Waals surface area contributed by atoms with Crippen LogP contribution < -0.4 is 16.0 Å². The van der Waals surface area contributed by atoms with Crippen molar-refractivity contribution in [3.8, 4) is 0 Å². The fourth-order valence-electron chi connectivity index (χ4n) is 2.06. The van der Waals surface area contributed by atoms with Gasteiger partial charge in [0, 0.05) is 24.5 Å². The lowest BCUT2D eigenvalue weighted by Gasteiger charge is -2.22. The molecular weight excluding hydrogens is 270 g/mol. The number of nitrogens with zero attached hydrogens (tertiary/aromatic N) is 3. The van der Waals surface area contributed by atoms with Gasteiger partial charge in [-0.25, -0.2) is 9.97 Å². The van der Waals surface area contributed by atoms with Crippen LogP contribution in [0.15, 0.2) is 23.8 Å². The molecule has 0 spiro atoms. The summed E-state index contributed by atoms with van der Waals surface area (Å²) in [5.41, 5.74) is 6.80. The zero-order valence-corrected chi connectivity index (χ0v) is 12.8. The zero-order valence-electron chi connectivity index (χ0n) is 12.0. The van der Waals surface area contributed by atoms with Crippen molar-refractivity contribution in [2.75, 3.05) is 35.6 Å². The number of aromatic nitrogens is 2. The number of hydrogen-bond acceptors (Lipinski definition) is 6. The van der Waals surface area contributed by atoms with Gasteiger partial charge in [0.15, 0.2) is 11.6 Å². The number of anilines is 3. The molecule has 0 aliphatic heterocycles. The molecule has 3 N–H and O–H groups in total. The minimum atomic E-state index is 0.627. The molecule has 0 fully saturated rings. The molecule has 0 aliphatic carbocycles. The third kappa shape index (κ3) is 3.39. The van der Waals surface area contributed by atoms with Gasteiger partial charge in [-0.3, -0.25) is 0 Å². The number of hydrogen-bond donors (Lipinski definition) is 2. The maximum Gasteiger partial charge on any atom is 0.157 e. The number of nitrogen functional groups attached to an aromatic ring is 1. The van der Waals surface area contributed by atoms with E-state index in [9.17, 15) is 0 Å². The summed E-state index contributed by atoms with van der Waals surface area (Å²) in [5.74, 6) is 1.53. The van der Waals surface area contributed by atoms with Gasteiger partial charge >= 0.3 is 0 Å². The number of nitrogens with one attached hydrogen (secondary N) is 1. The summed E-state index contributed by atoms with van der Waals surface area (Å²) < 4.78 is 0. The van der Waals surface area contributed by atoms with Crippen LogP contribution in [0, 0.1) is 0 Å². The third-order valence-corrected chi connectivity index (χ3v) is 4.11. The first-order chi connectivity index (χ1) is 9.76. The lowest BCUT2D eigenvalue weighted by molar-refractivity contribution is 0.843. The molecule has 0 atom stereocenters. The first kappa shape index (κ1) is 14.6. The Morgan fingerprint density at radius 2 is 2.10 bits per heavy atom. The fraction of sp³-hybridized carbons (Fsp3) is 0.429. The van der Waals surface area contributed by atoms with Crippen LogP contribution >= 0.6 is 11.3 Å². The van der Waals surface area contributed by atoms with E-state index in [0.717, 1.165) is 37.7 Å². The molecule has 0 saturated heterocycles. The van der Waals surface area contributed by atoms with E-state index in [1.54, 1.807) is 17.7 Å². The summed E-state index contributed by atoms with van der Waals surface area (Å²) in [6, 6.07) is 4.20. The van der Waals surface area contributed by atoms with Crippen molar-refractivity contribution in [2.24, 2.45) is 0 Å². The smallest absolute Gasteiger partial charge is 0.157 e. The van der Waals surface area contributed by atoms with E-state index in [0.29, 0.717) is 5.69 Å². The van der Waals surface area contributed by atoms with Crippen LogP contribution in [0.1, 0.15) is 18.7 Å². The van der Waals surface area contributed by atoms with Gasteiger partial charge < -0.3 is 16.0 Å². The second kappa shape index (κ2) is 7.09. The van der Waals surface area contributed by atoms with Gasteiger partial charge in [-0.05, 0) is 31.7 Å². The SMILES string of the molecule is CCN(CC)c1ncnc(NCCc2cccs2)c1N. The molecule has 0 bridgehead atoms.